The number of aromatic nitrogens is 3. The molecule has 0 aliphatic carbocycles. The topological polar surface area (TPSA) is 60.2 Å². The van der Waals surface area contributed by atoms with Crippen LogP contribution in [0.3, 0.4) is 0 Å². The molecule has 0 N–H and O–H groups in total. The van der Waals surface area contributed by atoms with E-state index in [0.29, 0.717) is 5.88 Å². The van der Waals surface area contributed by atoms with E-state index in [2.05, 4.69) is 10.1 Å². The number of rotatable bonds is 3. The summed E-state index contributed by atoms with van der Waals surface area (Å²) in [7, 11) is 1.87. The molecule has 23 heavy (non-hydrogen) atoms. The SMILES string of the molecule is Cc1cc(OCC(=O)N2CCCCCC2)nc2c1c(C)nn2C. The van der Waals surface area contributed by atoms with Crippen molar-refractivity contribution in [2.75, 3.05) is 19.7 Å². The highest BCUT2D eigenvalue weighted by Crippen LogP contribution is 2.23. The molecule has 1 saturated heterocycles. The highest BCUT2D eigenvalue weighted by Gasteiger charge is 2.17. The van der Waals surface area contributed by atoms with Crippen LogP contribution in [-0.4, -0.2) is 45.3 Å². The summed E-state index contributed by atoms with van der Waals surface area (Å²) in [4.78, 5) is 18.7. The first kappa shape index (κ1) is 15.8. The van der Waals surface area contributed by atoms with E-state index in [1.807, 2.05) is 31.9 Å². The zero-order chi connectivity index (χ0) is 16.4. The van der Waals surface area contributed by atoms with Crippen LogP contribution in [0.25, 0.3) is 11.0 Å². The van der Waals surface area contributed by atoms with Gasteiger partial charge in [0.2, 0.25) is 5.88 Å². The third-order valence-corrected chi connectivity index (χ3v) is 4.44. The fourth-order valence-electron chi connectivity index (χ4n) is 3.25. The molecule has 3 rings (SSSR count). The fraction of sp³-hybridized carbons (Fsp3) is 0.588. The summed E-state index contributed by atoms with van der Waals surface area (Å²) in [6.45, 7) is 5.72. The first-order chi connectivity index (χ1) is 11.1. The number of hydrogen-bond donors (Lipinski definition) is 0. The molecule has 1 fully saturated rings. The normalized spacial score (nSPS) is 15.7. The minimum Gasteiger partial charge on any atom is -0.467 e. The van der Waals surface area contributed by atoms with Crippen molar-refractivity contribution in [3.05, 3.63) is 17.3 Å². The lowest BCUT2D eigenvalue weighted by atomic mass is 10.2. The van der Waals surface area contributed by atoms with E-state index >= 15 is 0 Å². The van der Waals surface area contributed by atoms with Crippen molar-refractivity contribution in [2.45, 2.75) is 39.5 Å². The van der Waals surface area contributed by atoms with Crippen molar-refractivity contribution in [2.24, 2.45) is 7.05 Å². The predicted octanol–water partition coefficient (Wildman–Crippen LogP) is 2.37. The summed E-state index contributed by atoms with van der Waals surface area (Å²) < 4.78 is 7.42. The molecule has 2 aromatic heterocycles. The average Bonchev–Trinajstić information content (AvgIpc) is 2.72. The Labute approximate surface area is 136 Å². The molecule has 124 valence electrons. The summed E-state index contributed by atoms with van der Waals surface area (Å²) in [6, 6.07) is 1.88. The lowest BCUT2D eigenvalue weighted by Crippen LogP contribution is -2.35. The smallest absolute Gasteiger partial charge is 0.260 e. The number of fused-ring (bicyclic) bond motifs is 1. The van der Waals surface area contributed by atoms with Gasteiger partial charge < -0.3 is 9.64 Å². The van der Waals surface area contributed by atoms with Crippen LogP contribution in [0.5, 0.6) is 5.88 Å². The quantitative estimate of drug-likeness (QED) is 0.872. The van der Waals surface area contributed by atoms with E-state index in [-0.39, 0.29) is 12.5 Å². The molecule has 0 bridgehead atoms. The van der Waals surface area contributed by atoms with Gasteiger partial charge in [-0.2, -0.15) is 10.1 Å². The minimum atomic E-state index is 0.0487. The Morgan fingerprint density at radius 1 is 1.22 bits per heavy atom. The van der Waals surface area contributed by atoms with Gasteiger partial charge in [-0.3, -0.25) is 9.48 Å². The number of aryl methyl sites for hydroxylation is 3. The maximum absolute atomic E-state index is 12.3. The number of amides is 1. The molecular weight excluding hydrogens is 292 g/mol. The molecule has 1 aliphatic heterocycles. The summed E-state index contributed by atoms with van der Waals surface area (Å²) in [5, 5.41) is 5.45. The monoisotopic (exact) mass is 316 g/mol. The van der Waals surface area contributed by atoms with E-state index in [0.717, 1.165) is 48.2 Å². The maximum Gasteiger partial charge on any atom is 0.260 e. The van der Waals surface area contributed by atoms with Gasteiger partial charge >= 0.3 is 0 Å². The number of hydrogen-bond acceptors (Lipinski definition) is 4. The lowest BCUT2D eigenvalue weighted by Gasteiger charge is -2.20. The number of pyridine rings is 1. The van der Waals surface area contributed by atoms with Crippen molar-refractivity contribution < 1.29 is 9.53 Å². The van der Waals surface area contributed by atoms with Gasteiger partial charge in [0, 0.05) is 31.6 Å². The van der Waals surface area contributed by atoms with Gasteiger partial charge in [-0.15, -0.1) is 0 Å². The average molecular weight is 316 g/mol. The van der Waals surface area contributed by atoms with Crippen LogP contribution in [-0.2, 0) is 11.8 Å². The van der Waals surface area contributed by atoms with Crippen LogP contribution in [0.15, 0.2) is 6.07 Å². The van der Waals surface area contributed by atoms with Crippen LogP contribution >= 0.6 is 0 Å². The highest BCUT2D eigenvalue weighted by molar-refractivity contribution is 5.82. The Morgan fingerprint density at radius 3 is 2.61 bits per heavy atom. The van der Waals surface area contributed by atoms with E-state index in [4.69, 9.17) is 4.74 Å². The minimum absolute atomic E-state index is 0.0487. The van der Waals surface area contributed by atoms with Gasteiger partial charge in [-0.1, -0.05) is 12.8 Å². The van der Waals surface area contributed by atoms with Gasteiger partial charge in [0.1, 0.15) is 0 Å². The number of carbonyl (C=O) groups is 1. The lowest BCUT2D eigenvalue weighted by molar-refractivity contribution is -0.133. The van der Waals surface area contributed by atoms with E-state index in [1.54, 1.807) is 4.68 Å². The summed E-state index contributed by atoms with van der Waals surface area (Å²) >= 11 is 0. The molecule has 2 aromatic rings. The second kappa shape index (κ2) is 6.56. The Balaban J connectivity index is 1.71. The number of likely N-dealkylation sites (tertiary alicyclic amines) is 1. The Hall–Kier alpha value is -2.11. The number of carbonyl (C=O) groups excluding carboxylic acids is 1. The van der Waals surface area contributed by atoms with Crippen LogP contribution in [0, 0.1) is 13.8 Å². The summed E-state index contributed by atoms with van der Waals surface area (Å²) in [5.74, 6) is 0.536. The first-order valence-corrected chi connectivity index (χ1v) is 8.28. The second-order valence-electron chi connectivity index (χ2n) is 6.27. The van der Waals surface area contributed by atoms with Gasteiger partial charge in [0.15, 0.2) is 12.3 Å². The highest BCUT2D eigenvalue weighted by atomic mass is 16.5. The van der Waals surface area contributed by atoms with Crippen molar-refractivity contribution in [1.29, 1.82) is 0 Å². The third-order valence-electron chi connectivity index (χ3n) is 4.44. The van der Waals surface area contributed by atoms with Crippen molar-refractivity contribution in [1.82, 2.24) is 19.7 Å². The predicted molar refractivity (Wildman–Crippen MR) is 88.5 cm³/mol. The molecule has 0 spiro atoms. The molecule has 6 heteroatoms. The van der Waals surface area contributed by atoms with Crippen molar-refractivity contribution >= 4 is 16.9 Å². The largest absolute Gasteiger partial charge is 0.467 e. The van der Waals surface area contributed by atoms with Gasteiger partial charge in [-0.05, 0) is 32.3 Å². The molecule has 1 amide bonds. The molecule has 0 unspecified atom stereocenters. The fourth-order valence-corrected chi connectivity index (χ4v) is 3.25. The molecule has 0 radical (unpaired) electrons. The van der Waals surface area contributed by atoms with Crippen LogP contribution in [0.4, 0.5) is 0 Å². The van der Waals surface area contributed by atoms with Gasteiger partial charge in [-0.25, -0.2) is 0 Å². The standard InChI is InChI=1S/C17H24N4O2/c1-12-10-14(18-17-16(12)13(2)19-20(17)3)23-11-15(22)21-8-6-4-5-7-9-21/h10H,4-9,11H2,1-3H3. The van der Waals surface area contributed by atoms with Crippen LogP contribution in [0.2, 0.25) is 0 Å². The van der Waals surface area contributed by atoms with Crippen LogP contribution in [0.1, 0.15) is 36.9 Å². The molecule has 0 aromatic carbocycles. The van der Waals surface area contributed by atoms with E-state index < -0.39 is 0 Å². The molecule has 0 saturated carbocycles. The zero-order valence-electron chi connectivity index (χ0n) is 14.1. The molecule has 6 nitrogen and oxygen atoms in total. The van der Waals surface area contributed by atoms with E-state index in [9.17, 15) is 4.79 Å². The zero-order valence-corrected chi connectivity index (χ0v) is 14.1. The third kappa shape index (κ3) is 3.30. The van der Waals surface area contributed by atoms with Gasteiger partial charge in [0.05, 0.1) is 5.69 Å². The molecular formula is C17H24N4O2. The maximum atomic E-state index is 12.3. The van der Waals surface area contributed by atoms with E-state index in [1.165, 1.54) is 12.8 Å². The molecule has 3 heterocycles. The summed E-state index contributed by atoms with van der Waals surface area (Å²) in [6.07, 6.45) is 4.59. The first-order valence-electron chi connectivity index (χ1n) is 8.28. The van der Waals surface area contributed by atoms with Crippen molar-refractivity contribution in [3.8, 4) is 5.88 Å². The molecule has 1 aliphatic rings. The Bertz CT molecular complexity index is 715. The Morgan fingerprint density at radius 2 is 1.91 bits per heavy atom. The Kier molecular flexibility index (Phi) is 4.50. The second-order valence-corrected chi connectivity index (χ2v) is 6.27. The van der Waals surface area contributed by atoms with Gasteiger partial charge in [0.25, 0.3) is 5.91 Å². The molecule has 0 atom stereocenters. The van der Waals surface area contributed by atoms with Crippen molar-refractivity contribution in [3.63, 3.8) is 0 Å². The number of ether oxygens (including phenoxy) is 1. The number of nitrogens with zero attached hydrogens (tertiary/aromatic N) is 4. The van der Waals surface area contributed by atoms with Crippen LogP contribution < -0.4 is 4.74 Å². The summed E-state index contributed by atoms with van der Waals surface area (Å²) in [5.41, 5.74) is 2.82.